The van der Waals surface area contributed by atoms with Gasteiger partial charge in [0, 0.05) is 24.7 Å². The van der Waals surface area contributed by atoms with Gasteiger partial charge in [-0.15, -0.1) is 0 Å². The maximum Gasteiger partial charge on any atom is 0.253 e. The van der Waals surface area contributed by atoms with E-state index in [0.717, 1.165) is 18.4 Å². The number of benzene rings is 1. The van der Waals surface area contributed by atoms with Crippen molar-refractivity contribution in [3.8, 4) is 0 Å². The summed E-state index contributed by atoms with van der Waals surface area (Å²) in [5.74, 6) is 0.0259. The van der Waals surface area contributed by atoms with Gasteiger partial charge in [-0.25, -0.2) is 0 Å². The second-order valence-electron chi connectivity index (χ2n) is 5.77. The van der Waals surface area contributed by atoms with Crippen LogP contribution in [0.1, 0.15) is 42.6 Å². The normalized spacial score (nSPS) is 17.6. The number of nitrogens with two attached hydrogens (primary N) is 1. The second kappa shape index (κ2) is 5.31. The van der Waals surface area contributed by atoms with Crippen LogP contribution in [0, 0.1) is 0 Å². The Balaban J connectivity index is 2.15. The molecule has 1 aliphatic heterocycles. The Kier molecular flexibility index (Phi) is 3.92. The number of rotatable bonds is 2. The van der Waals surface area contributed by atoms with E-state index in [9.17, 15) is 9.90 Å². The highest BCUT2D eigenvalue weighted by molar-refractivity contribution is 5.94. The van der Waals surface area contributed by atoms with Gasteiger partial charge in [0.1, 0.15) is 0 Å². The summed E-state index contributed by atoms with van der Waals surface area (Å²) < 4.78 is 0. The summed E-state index contributed by atoms with van der Waals surface area (Å²) in [4.78, 5) is 14.2. The molecule has 0 bridgehead atoms. The number of carbonyl (C=O) groups excluding carboxylic acids is 1. The molecule has 0 atom stereocenters. The quantitative estimate of drug-likeness (QED) is 0.848. The van der Waals surface area contributed by atoms with Gasteiger partial charge in [-0.1, -0.05) is 12.1 Å². The van der Waals surface area contributed by atoms with Crippen LogP contribution in [0.25, 0.3) is 0 Å². The van der Waals surface area contributed by atoms with Crippen LogP contribution >= 0.6 is 0 Å². The molecule has 4 nitrogen and oxygen atoms in total. The maximum absolute atomic E-state index is 12.4. The monoisotopic (exact) mass is 262 g/mol. The third kappa shape index (κ3) is 3.33. The van der Waals surface area contributed by atoms with Crippen LogP contribution in [0.15, 0.2) is 24.3 Å². The van der Waals surface area contributed by atoms with Gasteiger partial charge in [0.25, 0.3) is 5.91 Å². The van der Waals surface area contributed by atoms with E-state index in [1.54, 1.807) is 26.0 Å². The standard InChI is InChI=1S/C15H22N2O2/c1-15(2,19)12-5-3-4-11(10-12)14(18)17-8-6-13(16)7-9-17/h3-5,10,13,19H,6-9,16H2,1-2H3. The van der Waals surface area contributed by atoms with Crippen molar-refractivity contribution in [2.24, 2.45) is 5.73 Å². The molecule has 0 unspecified atom stereocenters. The average Bonchev–Trinajstić information content (AvgIpc) is 2.38. The Bertz CT molecular complexity index is 457. The van der Waals surface area contributed by atoms with Gasteiger partial charge in [-0.3, -0.25) is 4.79 Å². The maximum atomic E-state index is 12.4. The number of carbonyl (C=O) groups is 1. The van der Waals surface area contributed by atoms with E-state index in [1.807, 2.05) is 17.0 Å². The molecule has 3 N–H and O–H groups in total. The van der Waals surface area contributed by atoms with Crippen molar-refractivity contribution in [1.29, 1.82) is 0 Å². The van der Waals surface area contributed by atoms with Crippen molar-refractivity contribution in [3.63, 3.8) is 0 Å². The fraction of sp³-hybridized carbons (Fsp3) is 0.533. The first kappa shape index (κ1) is 14.0. The topological polar surface area (TPSA) is 66.6 Å². The molecule has 0 spiro atoms. The molecule has 1 aromatic carbocycles. The van der Waals surface area contributed by atoms with Gasteiger partial charge >= 0.3 is 0 Å². The smallest absolute Gasteiger partial charge is 0.253 e. The van der Waals surface area contributed by atoms with Crippen LogP contribution in [-0.4, -0.2) is 35.0 Å². The summed E-state index contributed by atoms with van der Waals surface area (Å²) in [7, 11) is 0. The highest BCUT2D eigenvalue weighted by atomic mass is 16.3. The molecule has 1 saturated heterocycles. The van der Waals surface area contributed by atoms with Crippen molar-refractivity contribution >= 4 is 5.91 Å². The van der Waals surface area contributed by atoms with Gasteiger partial charge in [0.05, 0.1) is 5.60 Å². The predicted molar refractivity (Wildman–Crippen MR) is 74.8 cm³/mol. The molecule has 4 heteroatoms. The van der Waals surface area contributed by atoms with Crippen LogP contribution < -0.4 is 5.73 Å². The Morgan fingerprint density at radius 2 is 2.00 bits per heavy atom. The van der Waals surface area contributed by atoms with E-state index in [2.05, 4.69) is 0 Å². The molecule has 19 heavy (non-hydrogen) atoms. The zero-order valence-corrected chi connectivity index (χ0v) is 11.6. The summed E-state index contributed by atoms with van der Waals surface area (Å²) in [5, 5.41) is 10.00. The first-order chi connectivity index (χ1) is 8.88. The number of amides is 1. The third-order valence-electron chi connectivity index (χ3n) is 3.64. The molecule has 0 radical (unpaired) electrons. The molecule has 1 heterocycles. The van der Waals surface area contributed by atoms with Gasteiger partial charge in [-0.2, -0.15) is 0 Å². The van der Waals surface area contributed by atoms with Crippen LogP contribution in [0.4, 0.5) is 0 Å². The lowest BCUT2D eigenvalue weighted by Gasteiger charge is -2.30. The molecule has 1 aliphatic rings. The summed E-state index contributed by atoms with van der Waals surface area (Å²) in [6.45, 7) is 4.87. The minimum atomic E-state index is -0.930. The Morgan fingerprint density at radius 3 is 2.58 bits per heavy atom. The Morgan fingerprint density at radius 1 is 1.37 bits per heavy atom. The first-order valence-electron chi connectivity index (χ1n) is 6.75. The average molecular weight is 262 g/mol. The van der Waals surface area contributed by atoms with E-state index >= 15 is 0 Å². The summed E-state index contributed by atoms with van der Waals surface area (Å²) in [6.07, 6.45) is 1.72. The van der Waals surface area contributed by atoms with Gasteiger partial charge in [0.2, 0.25) is 0 Å². The summed E-state index contributed by atoms with van der Waals surface area (Å²) >= 11 is 0. The lowest BCUT2D eigenvalue weighted by molar-refractivity contribution is 0.0710. The van der Waals surface area contributed by atoms with Crippen LogP contribution in [0.2, 0.25) is 0 Å². The van der Waals surface area contributed by atoms with Crippen molar-refractivity contribution in [2.45, 2.75) is 38.3 Å². The molecule has 1 fully saturated rings. The number of hydrogen-bond donors (Lipinski definition) is 2. The predicted octanol–water partition coefficient (Wildman–Crippen LogP) is 1.48. The lowest BCUT2D eigenvalue weighted by Crippen LogP contribution is -2.42. The summed E-state index contributed by atoms with van der Waals surface area (Å²) in [6, 6.07) is 7.44. The molecular formula is C15H22N2O2. The number of aliphatic hydroxyl groups is 1. The van der Waals surface area contributed by atoms with E-state index in [0.29, 0.717) is 18.7 Å². The van der Waals surface area contributed by atoms with Crippen molar-refractivity contribution < 1.29 is 9.90 Å². The molecule has 0 aromatic heterocycles. The van der Waals surface area contributed by atoms with E-state index in [4.69, 9.17) is 5.73 Å². The molecule has 1 amide bonds. The summed E-state index contributed by atoms with van der Waals surface area (Å²) in [5.41, 5.74) is 6.31. The molecule has 0 saturated carbocycles. The number of piperidine rings is 1. The third-order valence-corrected chi connectivity index (χ3v) is 3.64. The first-order valence-corrected chi connectivity index (χ1v) is 6.75. The van der Waals surface area contributed by atoms with Gasteiger partial charge < -0.3 is 15.7 Å². The highest BCUT2D eigenvalue weighted by Gasteiger charge is 2.23. The van der Waals surface area contributed by atoms with Crippen molar-refractivity contribution in [2.75, 3.05) is 13.1 Å². The zero-order chi connectivity index (χ0) is 14.0. The number of nitrogens with zero attached hydrogens (tertiary/aromatic N) is 1. The van der Waals surface area contributed by atoms with E-state index in [1.165, 1.54) is 0 Å². The van der Waals surface area contributed by atoms with Crippen LogP contribution in [0.5, 0.6) is 0 Å². The van der Waals surface area contributed by atoms with Crippen molar-refractivity contribution in [3.05, 3.63) is 35.4 Å². The fourth-order valence-electron chi connectivity index (χ4n) is 2.32. The lowest BCUT2D eigenvalue weighted by atomic mass is 9.96. The molecule has 1 aromatic rings. The SMILES string of the molecule is CC(C)(O)c1cccc(C(=O)N2CCC(N)CC2)c1. The Hall–Kier alpha value is -1.39. The Labute approximate surface area is 114 Å². The highest BCUT2D eigenvalue weighted by Crippen LogP contribution is 2.21. The fourth-order valence-corrected chi connectivity index (χ4v) is 2.32. The van der Waals surface area contributed by atoms with Crippen LogP contribution in [-0.2, 0) is 5.60 Å². The minimum absolute atomic E-state index is 0.0259. The molecular weight excluding hydrogens is 240 g/mol. The number of likely N-dealkylation sites (tertiary alicyclic amines) is 1. The van der Waals surface area contributed by atoms with Crippen molar-refractivity contribution in [1.82, 2.24) is 4.90 Å². The van der Waals surface area contributed by atoms with E-state index < -0.39 is 5.60 Å². The zero-order valence-electron chi connectivity index (χ0n) is 11.6. The van der Waals surface area contributed by atoms with E-state index in [-0.39, 0.29) is 11.9 Å². The number of hydrogen-bond acceptors (Lipinski definition) is 3. The second-order valence-corrected chi connectivity index (χ2v) is 5.77. The molecule has 2 rings (SSSR count). The molecule has 104 valence electrons. The van der Waals surface area contributed by atoms with Gasteiger partial charge in [0.15, 0.2) is 0 Å². The molecule has 0 aliphatic carbocycles. The van der Waals surface area contributed by atoms with Crippen LogP contribution in [0.3, 0.4) is 0 Å². The van der Waals surface area contributed by atoms with Gasteiger partial charge in [-0.05, 0) is 44.4 Å². The minimum Gasteiger partial charge on any atom is -0.386 e. The largest absolute Gasteiger partial charge is 0.386 e.